The fourth-order valence-corrected chi connectivity index (χ4v) is 4.11. The van der Waals surface area contributed by atoms with Gasteiger partial charge in [-0.1, -0.05) is 30.3 Å². The van der Waals surface area contributed by atoms with Crippen molar-refractivity contribution in [2.75, 3.05) is 13.7 Å². The van der Waals surface area contributed by atoms with Crippen molar-refractivity contribution in [1.82, 2.24) is 20.1 Å². The van der Waals surface area contributed by atoms with Crippen LogP contribution in [0, 0.1) is 0 Å². The Kier molecular flexibility index (Phi) is 5.64. The second-order valence-electron chi connectivity index (χ2n) is 7.82. The van der Waals surface area contributed by atoms with Gasteiger partial charge in [-0.2, -0.15) is 5.10 Å². The van der Waals surface area contributed by atoms with E-state index in [4.69, 9.17) is 4.74 Å². The zero-order valence-electron chi connectivity index (χ0n) is 18.2. The van der Waals surface area contributed by atoms with E-state index in [0.717, 1.165) is 33.5 Å². The number of hydrogen-bond donors (Lipinski definition) is 2. The molecule has 2 aromatic heterocycles. The van der Waals surface area contributed by atoms with Crippen LogP contribution in [0.4, 0.5) is 0 Å². The minimum absolute atomic E-state index is 0.0145. The number of H-pyrrole nitrogens is 1. The number of carbonyl (C=O) groups is 1. The van der Waals surface area contributed by atoms with Crippen LogP contribution in [0.25, 0.3) is 16.6 Å². The van der Waals surface area contributed by atoms with Gasteiger partial charge in [0.2, 0.25) is 0 Å². The Bertz CT molecular complexity index is 1350. The van der Waals surface area contributed by atoms with Crippen LogP contribution >= 0.6 is 0 Å². The van der Waals surface area contributed by atoms with Crippen molar-refractivity contribution in [3.8, 4) is 11.4 Å². The molecule has 0 spiro atoms. The molecule has 0 aliphatic heterocycles. The summed E-state index contributed by atoms with van der Waals surface area (Å²) in [6.07, 6.45) is 5.63. The molecule has 1 unspecified atom stereocenters. The molecule has 164 valence electrons. The highest BCUT2D eigenvalue weighted by molar-refractivity contribution is 5.94. The summed E-state index contributed by atoms with van der Waals surface area (Å²) in [5.41, 5.74) is 4.84. The third-order valence-corrected chi connectivity index (χ3v) is 5.88. The number of methoxy groups -OCH3 is 1. The highest BCUT2D eigenvalue weighted by atomic mass is 16.5. The van der Waals surface area contributed by atoms with E-state index in [0.29, 0.717) is 12.1 Å². The molecule has 0 aliphatic rings. The third-order valence-electron chi connectivity index (χ3n) is 5.88. The van der Waals surface area contributed by atoms with Gasteiger partial charge in [-0.25, -0.2) is 4.68 Å². The Labute approximate surface area is 191 Å². The zero-order valence-corrected chi connectivity index (χ0v) is 18.2. The Hall–Kier alpha value is -4.32. The minimum atomic E-state index is -0.111. The molecular weight excluding hydrogens is 412 g/mol. The highest BCUT2D eigenvalue weighted by Gasteiger charge is 2.19. The van der Waals surface area contributed by atoms with E-state index in [2.05, 4.69) is 39.7 Å². The number of nitrogens with one attached hydrogen (secondary N) is 2. The number of fused-ring (bicyclic) bond motifs is 1. The fraction of sp³-hybridized carbons (Fsp3) is 0.111. The number of benzene rings is 3. The van der Waals surface area contributed by atoms with Crippen molar-refractivity contribution in [1.29, 1.82) is 0 Å². The molecule has 0 bridgehead atoms. The van der Waals surface area contributed by atoms with Crippen molar-refractivity contribution in [3.63, 3.8) is 0 Å². The van der Waals surface area contributed by atoms with Crippen LogP contribution in [0.3, 0.4) is 0 Å². The van der Waals surface area contributed by atoms with E-state index in [1.165, 1.54) is 0 Å². The highest BCUT2D eigenvalue weighted by Crippen LogP contribution is 2.31. The SMILES string of the molecule is COc1ccc(C(CNC(=O)c2ccc(-n3cccn3)cc2)c2c[nH]c3ccccc23)cc1. The van der Waals surface area contributed by atoms with Crippen LogP contribution in [0.5, 0.6) is 5.75 Å². The van der Waals surface area contributed by atoms with Gasteiger partial charge in [0.25, 0.3) is 5.91 Å². The van der Waals surface area contributed by atoms with E-state index >= 15 is 0 Å². The maximum Gasteiger partial charge on any atom is 0.251 e. The average Bonchev–Trinajstić information content (AvgIpc) is 3.55. The number of nitrogens with zero attached hydrogens (tertiary/aromatic N) is 2. The number of para-hydroxylation sites is 1. The first-order valence-corrected chi connectivity index (χ1v) is 10.8. The van der Waals surface area contributed by atoms with Gasteiger partial charge in [-0.15, -0.1) is 0 Å². The number of carbonyl (C=O) groups excluding carboxylic acids is 1. The molecule has 2 N–H and O–H groups in total. The lowest BCUT2D eigenvalue weighted by atomic mass is 9.90. The Morgan fingerprint density at radius 2 is 1.82 bits per heavy atom. The zero-order chi connectivity index (χ0) is 22.6. The molecule has 1 atom stereocenters. The molecule has 1 amide bonds. The normalized spacial score (nSPS) is 11.9. The molecule has 2 heterocycles. The number of rotatable bonds is 7. The molecule has 0 saturated carbocycles. The number of ether oxygens (including phenoxy) is 1. The Morgan fingerprint density at radius 3 is 2.55 bits per heavy atom. The smallest absolute Gasteiger partial charge is 0.251 e. The average molecular weight is 437 g/mol. The van der Waals surface area contributed by atoms with Crippen LogP contribution in [-0.2, 0) is 0 Å². The van der Waals surface area contributed by atoms with Crippen LogP contribution in [0.15, 0.2) is 97.5 Å². The summed E-state index contributed by atoms with van der Waals surface area (Å²) in [5, 5.41) is 8.50. The summed E-state index contributed by atoms with van der Waals surface area (Å²) in [4.78, 5) is 16.3. The Morgan fingerprint density at radius 1 is 1.03 bits per heavy atom. The van der Waals surface area contributed by atoms with Crippen LogP contribution in [0.1, 0.15) is 27.4 Å². The van der Waals surface area contributed by atoms with Crippen molar-refractivity contribution < 1.29 is 9.53 Å². The van der Waals surface area contributed by atoms with Crippen molar-refractivity contribution in [2.45, 2.75) is 5.92 Å². The second-order valence-corrected chi connectivity index (χ2v) is 7.82. The molecular formula is C27H24N4O2. The number of aromatic amines is 1. The first kappa shape index (κ1) is 20.6. The second kappa shape index (κ2) is 9.04. The molecule has 5 aromatic rings. The van der Waals surface area contributed by atoms with Gasteiger partial charge in [-0.05, 0) is 59.7 Å². The number of amides is 1. The number of aromatic nitrogens is 3. The minimum Gasteiger partial charge on any atom is -0.497 e. The van der Waals surface area contributed by atoms with E-state index in [-0.39, 0.29) is 11.8 Å². The summed E-state index contributed by atoms with van der Waals surface area (Å²) >= 11 is 0. The predicted molar refractivity (Wildman–Crippen MR) is 129 cm³/mol. The van der Waals surface area contributed by atoms with Gasteiger partial charge in [0.05, 0.1) is 12.8 Å². The quantitative estimate of drug-likeness (QED) is 0.380. The lowest BCUT2D eigenvalue weighted by Crippen LogP contribution is -2.28. The van der Waals surface area contributed by atoms with E-state index in [9.17, 15) is 4.79 Å². The van der Waals surface area contributed by atoms with E-state index in [1.807, 2.05) is 67.0 Å². The molecule has 0 radical (unpaired) electrons. The van der Waals surface area contributed by atoms with Gasteiger partial charge >= 0.3 is 0 Å². The van der Waals surface area contributed by atoms with Crippen LogP contribution in [-0.4, -0.2) is 34.3 Å². The van der Waals surface area contributed by atoms with E-state index in [1.54, 1.807) is 18.0 Å². The maximum absolute atomic E-state index is 13.0. The van der Waals surface area contributed by atoms with Crippen molar-refractivity contribution in [2.24, 2.45) is 0 Å². The molecule has 6 heteroatoms. The molecule has 3 aromatic carbocycles. The van der Waals surface area contributed by atoms with Crippen LogP contribution < -0.4 is 10.1 Å². The topological polar surface area (TPSA) is 71.9 Å². The fourth-order valence-electron chi connectivity index (χ4n) is 4.11. The van der Waals surface area contributed by atoms with Gasteiger partial charge < -0.3 is 15.0 Å². The third kappa shape index (κ3) is 4.23. The van der Waals surface area contributed by atoms with Crippen LogP contribution in [0.2, 0.25) is 0 Å². The summed E-state index contributed by atoms with van der Waals surface area (Å²) in [5.74, 6) is 0.678. The predicted octanol–water partition coefficient (Wildman–Crippen LogP) is 4.92. The first-order valence-electron chi connectivity index (χ1n) is 10.8. The summed E-state index contributed by atoms with van der Waals surface area (Å²) in [7, 11) is 1.66. The van der Waals surface area contributed by atoms with Gasteiger partial charge in [0.1, 0.15) is 5.75 Å². The monoisotopic (exact) mass is 436 g/mol. The lowest BCUT2D eigenvalue weighted by molar-refractivity contribution is 0.0952. The van der Waals surface area contributed by atoms with Gasteiger partial charge in [0, 0.05) is 47.5 Å². The standard InChI is InChI=1S/C27H24N4O2/c1-33-22-13-9-19(10-14-22)24(25-18-28-26-6-3-2-5-23(25)26)17-29-27(32)20-7-11-21(12-8-20)31-16-4-15-30-31/h2-16,18,24,28H,17H2,1H3,(H,29,32). The van der Waals surface area contributed by atoms with Crippen molar-refractivity contribution in [3.05, 3.63) is 114 Å². The van der Waals surface area contributed by atoms with E-state index < -0.39 is 0 Å². The largest absolute Gasteiger partial charge is 0.497 e. The summed E-state index contributed by atoms with van der Waals surface area (Å²) in [6.45, 7) is 0.466. The summed E-state index contributed by atoms with van der Waals surface area (Å²) < 4.78 is 7.08. The summed E-state index contributed by atoms with van der Waals surface area (Å²) in [6, 6.07) is 25.5. The molecule has 0 aliphatic carbocycles. The van der Waals surface area contributed by atoms with Gasteiger partial charge in [-0.3, -0.25) is 4.79 Å². The lowest BCUT2D eigenvalue weighted by Gasteiger charge is -2.19. The molecule has 0 saturated heterocycles. The molecule has 0 fully saturated rings. The first-order chi connectivity index (χ1) is 16.2. The number of hydrogen-bond acceptors (Lipinski definition) is 3. The molecule has 33 heavy (non-hydrogen) atoms. The maximum atomic E-state index is 13.0. The molecule has 6 nitrogen and oxygen atoms in total. The molecule has 5 rings (SSSR count). The Balaban J connectivity index is 1.39. The van der Waals surface area contributed by atoms with Crippen molar-refractivity contribution >= 4 is 16.8 Å². The van der Waals surface area contributed by atoms with Gasteiger partial charge in [0.15, 0.2) is 0 Å².